The minimum Gasteiger partial charge on any atom is -0.488 e. The van der Waals surface area contributed by atoms with Crippen LogP contribution in [0.1, 0.15) is 46.5 Å². The molecule has 0 N–H and O–H groups in total. The largest absolute Gasteiger partial charge is 0.488 e. The number of hydrogen-bond acceptors (Lipinski definition) is 4. The molecule has 0 unspecified atom stereocenters. The lowest BCUT2D eigenvalue weighted by Gasteiger charge is -2.14. The van der Waals surface area contributed by atoms with Gasteiger partial charge in [0.1, 0.15) is 23.8 Å². The number of allylic oxidation sites excluding steroid dienone is 1. The summed E-state index contributed by atoms with van der Waals surface area (Å²) in [7, 11) is 1.65. The summed E-state index contributed by atoms with van der Waals surface area (Å²) in [4.78, 5) is 4.72. The Balaban J connectivity index is 1.46. The highest BCUT2D eigenvalue weighted by Gasteiger charge is 2.32. The van der Waals surface area contributed by atoms with Crippen LogP contribution < -0.4 is 4.74 Å². The normalized spacial score (nSPS) is 16.1. The summed E-state index contributed by atoms with van der Waals surface area (Å²) < 4.78 is 27.6. The smallest absolute Gasteiger partial charge is 0.138 e. The summed E-state index contributed by atoms with van der Waals surface area (Å²) in [6.45, 7) is 0.684. The van der Waals surface area contributed by atoms with Crippen LogP contribution in [-0.4, -0.2) is 16.5 Å². The molecule has 0 spiro atoms. The fourth-order valence-corrected chi connectivity index (χ4v) is 5.16. The van der Waals surface area contributed by atoms with E-state index < -0.39 is 0 Å². The van der Waals surface area contributed by atoms with Gasteiger partial charge in [0.25, 0.3) is 0 Å². The van der Waals surface area contributed by atoms with Crippen molar-refractivity contribution >= 4 is 22.8 Å². The van der Waals surface area contributed by atoms with Crippen LogP contribution in [0.5, 0.6) is 5.75 Å². The summed E-state index contributed by atoms with van der Waals surface area (Å²) in [5.41, 5.74) is 8.05. The van der Waals surface area contributed by atoms with Crippen molar-refractivity contribution in [3.8, 4) is 11.8 Å². The fourth-order valence-electron chi connectivity index (χ4n) is 5.01. The molecular formula is C29H23ClFN3O2. The van der Waals surface area contributed by atoms with Gasteiger partial charge in [0.05, 0.1) is 24.1 Å². The topological polar surface area (TPSA) is 59.6 Å². The molecule has 5 nitrogen and oxygen atoms in total. The third-order valence-corrected chi connectivity index (χ3v) is 7.07. The van der Waals surface area contributed by atoms with Gasteiger partial charge >= 0.3 is 0 Å². The zero-order valence-corrected chi connectivity index (χ0v) is 20.5. The molecule has 4 aromatic rings. The number of hydrogen-bond donors (Lipinski definition) is 0. The maximum Gasteiger partial charge on any atom is 0.138 e. The molecule has 2 aromatic heterocycles. The van der Waals surface area contributed by atoms with Crippen LogP contribution in [0.2, 0.25) is 5.02 Å². The Labute approximate surface area is 213 Å². The zero-order valence-electron chi connectivity index (χ0n) is 19.7. The quantitative estimate of drug-likeness (QED) is 0.294. The minimum atomic E-state index is -0.358. The molecule has 0 saturated heterocycles. The van der Waals surface area contributed by atoms with Crippen LogP contribution in [0.4, 0.5) is 4.39 Å². The first-order valence-electron chi connectivity index (χ1n) is 11.9. The predicted octanol–water partition coefficient (Wildman–Crippen LogP) is 6.49. The van der Waals surface area contributed by atoms with Crippen LogP contribution >= 0.6 is 11.6 Å². The van der Waals surface area contributed by atoms with Gasteiger partial charge < -0.3 is 13.9 Å². The molecule has 1 aliphatic carbocycles. The van der Waals surface area contributed by atoms with Crippen LogP contribution in [0.25, 0.3) is 11.2 Å². The van der Waals surface area contributed by atoms with E-state index in [1.165, 1.54) is 12.1 Å². The van der Waals surface area contributed by atoms with E-state index in [0.717, 1.165) is 63.3 Å². The first kappa shape index (κ1) is 22.8. The average Bonchev–Trinajstić information content (AvgIpc) is 3.67. The third kappa shape index (κ3) is 4.05. The van der Waals surface area contributed by atoms with Gasteiger partial charge in [-0.1, -0.05) is 29.8 Å². The lowest BCUT2D eigenvalue weighted by molar-refractivity contribution is 0.181. The number of halogens is 2. The predicted molar refractivity (Wildman–Crippen MR) is 135 cm³/mol. The van der Waals surface area contributed by atoms with Crippen molar-refractivity contribution < 1.29 is 13.9 Å². The second kappa shape index (κ2) is 9.09. The van der Waals surface area contributed by atoms with Crippen molar-refractivity contribution in [3.63, 3.8) is 0 Å². The Morgan fingerprint density at radius 3 is 2.81 bits per heavy atom. The first-order chi connectivity index (χ1) is 17.6. The summed E-state index contributed by atoms with van der Waals surface area (Å²) in [6.07, 6.45) is 4.55. The van der Waals surface area contributed by atoms with E-state index in [2.05, 4.69) is 24.3 Å². The van der Waals surface area contributed by atoms with Crippen LogP contribution in [0.15, 0.2) is 60.3 Å². The summed E-state index contributed by atoms with van der Waals surface area (Å²) in [5.74, 6) is 0.357. The Bertz CT molecular complexity index is 1580. The molecule has 0 radical (unpaired) electrons. The number of pyridine rings is 1. The van der Waals surface area contributed by atoms with Crippen molar-refractivity contribution in [1.29, 1.82) is 5.26 Å². The van der Waals surface area contributed by atoms with Gasteiger partial charge in [-0.3, -0.25) is 0 Å². The second-order valence-corrected chi connectivity index (χ2v) is 9.72. The van der Waals surface area contributed by atoms with Gasteiger partial charge in [-0.15, -0.1) is 0 Å². The molecule has 2 aliphatic rings. The molecule has 2 aromatic carbocycles. The van der Waals surface area contributed by atoms with Gasteiger partial charge in [-0.2, -0.15) is 5.26 Å². The maximum absolute atomic E-state index is 14.1. The van der Waals surface area contributed by atoms with Gasteiger partial charge in [-0.05, 0) is 53.6 Å². The summed E-state index contributed by atoms with van der Waals surface area (Å²) in [6, 6.07) is 17.0. The number of nitrogens with zero attached hydrogens (tertiary/aromatic N) is 3. The molecule has 1 saturated carbocycles. The fraction of sp³-hybridized carbons (Fsp3) is 0.241. The number of imidazole rings is 1. The number of nitriles is 1. The molecule has 1 fully saturated rings. The van der Waals surface area contributed by atoms with Gasteiger partial charge in [0, 0.05) is 53.6 Å². The standard InChI is InChI=1S/C29H23ClFN3O2/c1-35-16-25-26(34-9-8-20(30)12-28(34)33-25)11-17-2-6-22-19(10-17)15-36-27-13-21(31)5-7-23(27)29(22)24(14-32)18-3-4-18/h2,5-10,12-13,18H,3-4,11,15-16H2,1H3. The van der Waals surface area contributed by atoms with Crippen molar-refractivity contribution in [2.75, 3.05) is 7.11 Å². The van der Waals surface area contributed by atoms with Crippen molar-refractivity contribution in [2.24, 2.45) is 5.92 Å². The minimum absolute atomic E-state index is 0.245. The number of rotatable bonds is 5. The van der Waals surface area contributed by atoms with Crippen molar-refractivity contribution in [2.45, 2.75) is 32.5 Å². The molecule has 1 aliphatic heterocycles. The molecule has 180 valence electrons. The lowest BCUT2D eigenvalue weighted by atomic mass is 9.88. The Morgan fingerprint density at radius 1 is 1.19 bits per heavy atom. The van der Waals surface area contributed by atoms with Crippen LogP contribution in [0, 0.1) is 23.1 Å². The van der Waals surface area contributed by atoms with E-state index in [1.807, 2.05) is 22.7 Å². The summed E-state index contributed by atoms with van der Waals surface area (Å²) >= 11 is 6.19. The third-order valence-electron chi connectivity index (χ3n) is 6.83. The number of aromatic nitrogens is 2. The van der Waals surface area contributed by atoms with Crippen molar-refractivity contribution in [1.82, 2.24) is 9.38 Å². The molecule has 0 bridgehead atoms. The van der Waals surface area contributed by atoms with E-state index in [4.69, 9.17) is 26.1 Å². The molecular weight excluding hydrogens is 477 g/mol. The molecule has 7 heteroatoms. The molecule has 0 atom stereocenters. The number of benzene rings is 2. The highest BCUT2D eigenvalue weighted by molar-refractivity contribution is 6.30. The monoisotopic (exact) mass is 499 g/mol. The van der Waals surface area contributed by atoms with E-state index in [0.29, 0.717) is 30.4 Å². The Hall–Kier alpha value is -3.66. The maximum atomic E-state index is 14.1. The Morgan fingerprint density at radius 2 is 2.03 bits per heavy atom. The van der Waals surface area contributed by atoms with E-state index in [9.17, 15) is 9.65 Å². The highest BCUT2D eigenvalue weighted by atomic mass is 35.5. The number of fused-ring (bicyclic) bond motifs is 3. The Kier molecular flexibility index (Phi) is 5.75. The number of ether oxygens (including phenoxy) is 2. The van der Waals surface area contributed by atoms with E-state index >= 15 is 0 Å². The second-order valence-electron chi connectivity index (χ2n) is 9.28. The molecule has 36 heavy (non-hydrogen) atoms. The first-order valence-corrected chi connectivity index (χ1v) is 12.3. The van der Waals surface area contributed by atoms with E-state index in [1.54, 1.807) is 13.2 Å². The SMILES string of the molecule is COCc1nc2cc(Cl)ccn2c1Cc1ccc2c(c1)COc1cc(F)ccc1C2=C(C#N)C1CC1. The molecule has 0 amide bonds. The van der Waals surface area contributed by atoms with E-state index in [-0.39, 0.29) is 11.7 Å². The lowest BCUT2D eigenvalue weighted by Crippen LogP contribution is -2.03. The van der Waals surface area contributed by atoms with Gasteiger partial charge in [0.15, 0.2) is 0 Å². The number of methoxy groups -OCH3 is 1. The molecule has 6 rings (SSSR count). The average molecular weight is 500 g/mol. The molecule has 3 heterocycles. The van der Waals surface area contributed by atoms with Gasteiger partial charge in [-0.25, -0.2) is 9.37 Å². The summed E-state index contributed by atoms with van der Waals surface area (Å²) in [5, 5.41) is 10.7. The highest BCUT2D eigenvalue weighted by Crippen LogP contribution is 2.46. The van der Waals surface area contributed by atoms with Crippen molar-refractivity contribution in [3.05, 3.63) is 105 Å². The zero-order chi connectivity index (χ0) is 24.8. The van der Waals surface area contributed by atoms with Gasteiger partial charge in [0.2, 0.25) is 0 Å². The van der Waals surface area contributed by atoms with Crippen LogP contribution in [-0.2, 0) is 24.4 Å². The van der Waals surface area contributed by atoms with Crippen LogP contribution in [0.3, 0.4) is 0 Å².